The fourth-order valence-electron chi connectivity index (χ4n) is 1.03. The van der Waals surface area contributed by atoms with Gasteiger partial charge in [-0.25, -0.2) is 4.57 Å². The highest BCUT2D eigenvalue weighted by atomic mass is 31.2. The van der Waals surface area contributed by atoms with Gasteiger partial charge >= 0.3 is 20.1 Å². The van der Waals surface area contributed by atoms with Gasteiger partial charge in [-0.1, -0.05) is 0 Å². The molecule has 0 rings (SSSR count). The predicted molar refractivity (Wildman–Crippen MR) is 72.9 cm³/mol. The lowest BCUT2D eigenvalue weighted by Gasteiger charge is -2.30. The summed E-state index contributed by atoms with van der Waals surface area (Å²) < 4.78 is 88.6. The maximum Gasteiger partial charge on any atom is 0.510 e. The Labute approximate surface area is 122 Å². The lowest BCUT2D eigenvalue weighted by Crippen LogP contribution is -2.31. The summed E-state index contributed by atoms with van der Waals surface area (Å²) in [6, 6.07) is 0. The van der Waals surface area contributed by atoms with Crippen LogP contribution in [0.4, 0.5) is 22.0 Å². The fraction of sp³-hybridized carbons (Fsp3) is 0.778. The molecule has 126 valence electrons. The number of allylic oxidation sites excluding steroid dienone is 1. The molecule has 0 radical (unpaired) electrons. The van der Waals surface area contributed by atoms with E-state index in [0.29, 0.717) is 0 Å². The molecule has 0 saturated carbocycles. The average molecular weight is 372 g/mol. The third kappa shape index (κ3) is 8.71. The number of alkyl halides is 3. The lowest BCUT2D eigenvalue weighted by molar-refractivity contribution is -0.123. The number of phosphoric acid groups is 1. The molecular formula is C9H18F5O4PSi2. The van der Waals surface area contributed by atoms with Crippen LogP contribution in [0.3, 0.4) is 0 Å². The third-order valence-corrected chi connectivity index (χ3v) is 7.98. The van der Waals surface area contributed by atoms with Crippen molar-refractivity contribution in [3.63, 3.8) is 0 Å². The molecule has 0 aromatic heterocycles. The molecule has 0 aromatic carbocycles. The third-order valence-electron chi connectivity index (χ3n) is 1.40. The Balaban J connectivity index is 5.64. The molecule has 12 heteroatoms. The summed E-state index contributed by atoms with van der Waals surface area (Å²) in [5.74, 6) is -2.65. The molecule has 21 heavy (non-hydrogen) atoms. The smallest absolute Gasteiger partial charge is 0.394 e. The van der Waals surface area contributed by atoms with Gasteiger partial charge in [0, 0.05) is 0 Å². The molecule has 0 atom stereocenters. The molecule has 0 bridgehead atoms. The summed E-state index contributed by atoms with van der Waals surface area (Å²) in [5, 5.41) is 0. The summed E-state index contributed by atoms with van der Waals surface area (Å²) in [5.41, 5.74) is 0. The van der Waals surface area contributed by atoms with Crippen LogP contribution in [0.15, 0.2) is 11.8 Å². The zero-order chi connectivity index (χ0) is 17.3. The topological polar surface area (TPSA) is 44.8 Å². The quantitative estimate of drug-likeness (QED) is 0.268. The van der Waals surface area contributed by atoms with E-state index in [0.717, 1.165) is 0 Å². The van der Waals surface area contributed by atoms with Gasteiger partial charge in [-0.2, -0.15) is 22.0 Å². The van der Waals surface area contributed by atoms with E-state index < -0.39 is 42.5 Å². The van der Waals surface area contributed by atoms with Crippen molar-refractivity contribution in [1.82, 2.24) is 0 Å². The van der Waals surface area contributed by atoms with Crippen LogP contribution in [-0.4, -0.2) is 22.8 Å². The van der Waals surface area contributed by atoms with Crippen molar-refractivity contribution in [2.75, 3.05) is 0 Å². The maximum absolute atomic E-state index is 12.5. The predicted octanol–water partition coefficient (Wildman–Crippen LogP) is 5.48. The molecule has 0 aliphatic heterocycles. The Hall–Kier alpha value is -0.226. The highest BCUT2D eigenvalue weighted by molar-refractivity contribution is 7.52. The zero-order valence-electron chi connectivity index (χ0n) is 12.5. The Kier molecular flexibility index (Phi) is 6.42. The molecule has 4 nitrogen and oxygen atoms in total. The second-order valence-electron chi connectivity index (χ2n) is 6.03. The van der Waals surface area contributed by atoms with Gasteiger partial charge in [0.25, 0.3) is 5.76 Å². The van der Waals surface area contributed by atoms with Crippen molar-refractivity contribution in [1.29, 1.82) is 0 Å². The monoisotopic (exact) mass is 372 g/mol. The van der Waals surface area contributed by atoms with Gasteiger partial charge < -0.3 is 12.9 Å². The number of hydrogen-bond donors (Lipinski definition) is 0. The van der Waals surface area contributed by atoms with E-state index in [4.69, 9.17) is 8.43 Å². The maximum atomic E-state index is 12.5. The van der Waals surface area contributed by atoms with Crippen molar-refractivity contribution in [2.24, 2.45) is 0 Å². The van der Waals surface area contributed by atoms with Crippen LogP contribution in [0.2, 0.25) is 39.3 Å². The minimum atomic E-state index is -5.50. The second kappa shape index (κ2) is 6.49. The molecule has 0 unspecified atom stereocenters. The van der Waals surface area contributed by atoms with Crippen LogP contribution in [0.25, 0.3) is 0 Å². The van der Waals surface area contributed by atoms with Crippen molar-refractivity contribution in [3.05, 3.63) is 11.8 Å². The van der Waals surface area contributed by atoms with E-state index >= 15 is 0 Å². The van der Waals surface area contributed by atoms with E-state index in [2.05, 4.69) is 4.52 Å². The van der Waals surface area contributed by atoms with Crippen LogP contribution in [0.1, 0.15) is 0 Å². The van der Waals surface area contributed by atoms with Crippen LogP contribution in [0.5, 0.6) is 0 Å². The van der Waals surface area contributed by atoms with Crippen molar-refractivity contribution in [2.45, 2.75) is 45.5 Å². The minimum absolute atomic E-state index is 1.51. The SMILES string of the molecule is C[Si](C)(C)OP(=O)(OC(=C(F)F)C(F)(F)F)O[Si](C)(C)C. The van der Waals surface area contributed by atoms with Gasteiger partial charge in [0.1, 0.15) is 0 Å². The number of rotatable bonds is 6. The van der Waals surface area contributed by atoms with Crippen molar-refractivity contribution >= 4 is 24.5 Å². The summed E-state index contributed by atoms with van der Waals surface area (Å²) in [7, 11) is -10.2. The Bertz CT molecular complexity index is 429. The van der Waals surface area contributed by atoms with Gasteiger partial charge in [-0.15, -0.1) is 0 Å². The molecule has 0 saturated heterocycles. The van der Waals surface area contributed by atoms with E-state index in [1.807, 2.05) is 0 Å². The molecule has 0 amide bonds. The first-order valence-corrected chi connectivity index (χ1v) is 14.1. The van der Waals surface area contributed by atoms with E-state index in [-0.39, 0.29) is 0 Å². The van der Waals surface area contributed by atoms with Crippen LogP contribution < -0.4 is 0 Å². The lowest BCUT2D eigenvalue weighted by atomic mass is 10.5. The van der Waals surface area contributed by atoms with E-state index in [1.165, 1.54) is 39.3 Å². The first-order valence-electron chi connectivity index (χ1n) is 5.79. The van der Waals surface area contributed by atoms with Gasteiger partial charge in [0.15, 0.2) is 16.6 Å². The average Bonchev–Trinajstić information content (AvgIpc) is 2.04. The molecule has 0 N–H and O–H groups in total. The second-order valence-corrected chi connectivity index (χ2v) is 17.0. The fourth-order valence-corrected chi connectivity index (χ4v) is 7.58. The summed E-state index contributed by atoms with van der Waals surface area (Å²) in [6.45, 7) is 9.08. The zero-order valence-corrected chi connectivity index (χ0v) is 15.4. The first kappa shape index (κ1) is 20.8. The summed E-state index contributed by atoms with van der Waals surface area (Å²) >= 11 is 0. The van der Waals surface area contributed by atoms with Crippen LogP contribution in [-0.2, 0) is 17.5 Å². The van der Waals surface area contributed by atoms with Gasteiger partial charge in [-0.3, -0.25) is 0 Å². The number of halogens is 5. The van der Waals surface area contributed by atoms with Gasteiger partial charge in [0.2, 0.25) is 0 Å². The standard InChI is InChI=1S/C9H18F5O4PSi2/c1-20(2,3)17-19(15,18-21(4,5)6)16-7(8(10)11)9(12,13)14/h1-6H3. The summed E-state index contributed by atoms with van der Waals surface area (Å²) in [4.78, 5) is 0. The minimum Gasteiger partial charge on any atom is -0.394 e. The molecule has 0 aliphatic carbocycles. The van der Waals surface area contributed by atoms with E-state index in [9.17, 15) is 26.5 Å². The highest BCUT2D eigenvalue weighted by Gasteiger charge is 2.48. The largest absolute Gasteiger partial charge is 0.510 e. The van der Waals surface area contributed by atoms with Crippen LogP contribution in [0, 0.1) is 0 Å². The molecule has 0 spiro atoms. The summed E-state index contributed by atoms with van der Waals surface area (Å²) in [6.07, 6.45) is -8.64. The molecule has 0 aliphatic rings. The van der Waals surface area contributed by atoms with Gasteiger partial charge in [0.05, 0.1) is 0 Å². The molecular weight excluding hydrogens is 354 g/mol. The number of hydrogen-bond acceptors (Lipinski definition) is 4. The molecule has 0 heterocycles. The van der Waals surface area contributed by atoms with E-state index in [1.54, 1.807) is 0 Å². The van der Waals surface area contributed by atoms with Crippen molar-refractivity contribution < 1.29 is 39.5 Å². The first-order chi connectivity index (χ1) is 8.95. The van der Waals surface area contributed by atoms with Gasteiger partial charge in [-0.05, 0) is 39.3 Å². The molecule has 0 fully saturated rings. The van der Waals surface area contributed by atoms with Crippen molar-refractivity contribution in [3.8, 4) is 0 Å². The Morgan fingerprint density at radius 1 is 0.905 bits per heavy atom. The Morgan fingerprint density at radius 2 is 1.24 bits per heavy atom. The Morgan fingerprint density at radius 3 is 1.43 bits per heavy atom. The highest BCUT2D eigenvalue weighted by Crippen LogP contribution is 2.57. The van der Waals surface area contributed by atoms with Crippen LogP contribution >= 0.6 is 7.82 Å². The normalized spacial score (nSPS) is 14.0. The molecule has 0 aromatic rings.